The molecule has 7 nitrogen and oxygen atoms in total. The fourth-order valence-electron chi connectivity index (χ4n) is 3.69. The van der Waals surface area contributed by atoms with Crippen LogP contribution < -0.4 is 10.6 Å². The number of rotatable bonds is 8. The first-order valence-electron chi connectivity index (χ1n) is 12.1. The first kappa shape index (κ1) is 26.0. The Labute approximate surface area is 208 Å². The monoisotopic (exact) mass is 475 g/mol. The number of aromatic nitrogens is 2. The van der Waals surface area contributed by atoms with Gasteiger partial charge in [-0.1, -0.05) is 77.1 Å². The molecule has 0 bridgehead atoms. The van der Waals surface area contributed by atoms with Crippen LogP contribution in [-0.2, 0) is 16.8 Å². The van der Waals surface area contributed by atoms with Crippen LogP contribution in [0.1, 0.15) is 51.4 Å². The zero-order valence-corrected chi connectivity index (χ0v) is 21.6. The maximum atomic E-state index is 13.1. The molecule has 0 spiro atoms. The molecule has 3 amide bonds. The van der Waals surface area contributed by atoms with Crippen LogP contribution in [0.4, 0.5) is 10.6 Å². The summed E-state index contributed by atoms with van der Waals surface area (Å²) < 4.78 is 1.76. The van der Waals surface area contributed by atoms with Crippen molar-refractivity contribution in [3.63, 3.8) is 0 Å². The van der Waals surface area contributed by atoms with E-state index in [2.05, 4.69) is 31.4 Å². The van der Waals surface area contributed by atoms with Crippen molar-refractivity contribution in [2.75, 3.05) is 18.4 Å². The van der Waals surface area contributed by atoms with E-state index in [1.165, 1.54) is 0 Å². The Bertz CT molecular complexity index is 1150. The summed E-state index contributed by atoms with van der Waals surface area (Å²) in [6.07, 6.45) is 0. The Balaban J connectivity index is 1.77. The van der Waals surface area contributed by atoms with Crippen LogP contribution in [0.25, 0.3) is 5.69 Å². The number of anilines is 1. The molecule has 0 radical (unpaired) electrons. The van der Waals surface area contributed by atoms with Gasteiger partial charge in [-0.25, -0.2) is 9.48 Å². The summed E-state index contributed by atoms with van der Waals surface area (Å²) in [5, 5.41) is 10.7. The minimum absolute atomic E-state index is 0.0529. The van der Waals surface area contributed by atoms with Gasteiger partial charge in [0.25, 0.3) is 0 Å². The van der Waals surface area contributed by atoms with E-state index in [1.54, 1.807) is 9.58 Å². The smallest absolute Gasteiger partial charge is 0.318 e. The summed E-state index contributed by atoms with van der Waals surface area (Å²) in [6.45, 7) is 13.2. The number of carbonyl (C=O) groups excluding carboxylic acids is 2. The molecular formula is C28H37N5O2. The minimum atomic E-state index is -0.269. The van der Waals surface area contributed by atoms with Gasteiger partial charge in [0.2, 0.25) is 5.91 Å². The van der Waals surface area contributed by atoms with Gasteiger partial charge in [-0.2, -0.15) is 5.10 Å². The second-order valence-electron chi connectivity index (χ2n) is 10.4. The number of carbonyl (C=O) groups is 2. The number of hydrogen-bond acceptors (Lipinski definition) is 3. The van der Waals surface area contributed by atoms with Gasteiger partial charge in [0.15, 0.2) is 0 Å². The third kappa shape index (κ3) is 7.44. The van der Waals surface area contributed by atoms with E-state index in [0.29, 0.717) is 18.9 Å². The highest BCUT2D eigenvalue weighted by atomic mass is 16.2. The van der Waals surface area contributed by atoms with E-state index in [4.69, 9.17) is 5.10 Å². The number of nitrogens with one attached hydrogen (secondary N) is 2. The lowest BCUT2D eigenvalue weighted by atomic mass is 9.92. The van der Waals surface area contributed by atoms with Crippen LogP contribution in [0.3, 0.4) is 0 Å². The zero-order chi connectivity index (χ0) is 25.6. The Hall–Kier alpha value is -3.61. The van der Waals surface area contributed by atoms with Crippen molar-refractivity contribution in [2.24, 2.45) is 5.92 Å². The molecule has 0 aliphatic rings. The maximum absolute atomic E-state index is 13.1. The highest BCUT2D eigenvalue weighted by Crippen LogP contribution is 2.26. The Morgan fingerprint density at radius 2 is 1.74 bits per heavy atom. The molecule has 0 aliphatic heterocycles. The standard InChI is InChI=1S/C28H37N5O2/c1-20(2)18-32(27(35)29-17-22-12-8-7-9-13-22)19-26(34)30-25-16-24(28(4,5)6)31-33(25)23-14-10-11-21(3)15-23/h7-16,20H,17-19H2,1-6H3,(H,29,35)(H,30,34). The summed E-state index contributed by atoms with van der Waals surface area (Å²) >= 11 is 0. The maximum Gasteiger partial charge on any atom is 0.318 e. The largest absolute Gasteiger partial charge is 0.334 e. The first-order valence-corrected chi connectivity index (χ1v) is 12.1. The van der Waals surface area contributed by atoms with Crippen molar-refractivity contribution in [3.8, 4) is 5.69 Å². The molecule has 3 aromatic rings. The lowest BCUT2D eigenvalue weighted by molar-refractivity contribution is -0.116. The summed E-state index contributed by atoms with van der Waals surface area (Å²) in [4.78, 5) is 27.6. The Kier molecular flexibility index (Phi) is 8.33. The molecule has 0 aliphatic carbocycles. The number of nitrogens with zero attached hydrogens (tertiary/aromatic N) is 3. The van der Waals surface area contributed by atoms with Crippen molar-refractivity contribution < 1.29 is 9.59 Å². The van der Waals surface area contributed by atoms with Crippen molar-refractivity contribution in [1.29, 1.82) is 0 Å². The van der Waals surface area contributed by atoms with Crippen LogP contribution in [0.2, 0.25) is 0 Å². The van der Waals surface area contributed by atoms with Crippen LogP contribution in [0, 0.1) is 12.8 Å². The summed E-state index contributed by atoms with van der Waals surface area (Å²) in [5.74, 6) is 0.532. The highest BCUT2D eigenvalue weighted by molar-refractivity contribution is 5.94. The predicted molar refractivity (Wildman–Crippen MR) is 141 cm³/mol. The fourth-order valence-corrected chi connectivity index (χ4v) is 3.69. The number of urea groups is 1. The van der Waals surface area contributed by atoms with E-state index in [1.807, 2.05) is 81.4 Å². The average molecular weight is 476 g/mol. The molecule has 0 saturated heterocycles. The Morgan fingerprint density at radius 1 is 1.03 bits per heavy atom. The normalized spacial score (nSPS) is 11.4. The van der Waals surface area contributed by atoms with Crippen molar-refractivity contribution >= 4 is 17.8 Å². The van der Waals surface area contributed by atoms with Crippen LogP contribution >= 0.6 is 0 Å². The highest BCUT2D eigenvalue weighted by Gasteiger charge is 2.23. The second-order valence-corrected chi connectivity index (χ2v) is 10.4. The van der Waals surface area contributed by atoms with Crippen molar-refractivity contribution in [3.05, 3.63) is 77.5 Å². The summed E-state index contributed by atoms with van der Waals surface area (Å²) in [5.41, 5.74) is 3.66. The second kappa shape index (κ2) is 11.2. The molecule has 35 heavy (non-hydrogen) atoms. The van der Waals surface area contributed by atoms with E-state index in [9.17, 15) is 9.59 Å². The molecule has 2 aromatic carbocycles. The van der Waals surface area contributed by atoms with E-state index >= 15 is 0 Å². The van der Waals surface area contributed by atoms with Gasteiger partial charge in [-0.3, -0.25) is 4.79 Å². The van der Waals surface area contributed by atoms with Crippen LogP contribution in [0.15, 0.2) is 60.7 Å². The molecule has 186 valence electrons. The molecule has 0 fully saturated rings. The van der Waals surface area contributed by atoms with Crippen LogP contribution in [0.5, 0.6) is 0 Å². The zero-order valence-electron chi connectivity index (χ0n) is 21.6. The third-order valence-corrected chi connectivity index (χ3v) is 5.49. The summed E-state index contributed by atoms with van der Waals surface area (Å²) in [6, 6.07) is 19.3. The minimum Gasteiger partial charge on any atom is -0.334 e. The Morgan fingerprint density at radius 3 is 2.37 bits per heavy atom. The number of amides is 3. The predicted octanol–water partition coefficient (Wildman–Crippen LogP) is 5.28. The molecule has 7 heteroatoms. The number of hydrogen-bond donors (Lipinski definition) is 2. The van der Waals surface area contributed by atoms with Gasteiger partial charge >= 0.3 is 6.03 Å². The van der Waals surface area contributed by atoms with E-state index < -0.39 is 0 Å². The molecule has 3 rings (SSSR count). The van der Waals surface area contributed by atoms with Crippen molar-refractivity contribution in [2.45, 2.75) is 53.5 Å². The molecular weight excluding hydrogens is 438 g/mol. The third-order valence-electron chi connectivity index (χ3n) is 5.49. The molecule has 0 unspecified atom stereocenters. The molecule has 0 saturated carbocycles. The van der Waals surface area contributed by atoms with E-state index in [0.717, 1.165) is 22.5 Å². The van der Waals surface area contributed by atoms with Crippen molar-refractivity contribution in [1.82, 2.24) is 20.0 Å². The molecule has 2 N–H and O–H groups in total. The molecule has 1 aromatic heterocycles. The quantitative estimate of drug-likeness (QED) is 0.465. The van der Waals surface area contributed by atoms with E-state index in [-0.39, 0.29) is 29.8 Å². The van der Waals surface area contributed by atoms with Gasteiger partial charge in [0.05, 0.1) is 11.4 Å². The average Bonchev–Trinajstić information content (AvgIpc) is 3.21. The number of benzene rings is 2. The topological polar surface area (TPSA) is 79.3 Å². The van der Waals surface area contributed by atoms with Gasteiger partial charge in [0.1, 0.15) is 12.4 Å². The van der Waals surface area contributed by atoms with Gasteiger partial charge in [-0.15, -0.1) is 0 Å². The molecule has 1 heterocycles. The van der Waals surface area contributed by atoms with Crippen LogP contribution in [-0.4, -0.2) is 39.7 Å². The van der Waals surface area contributed by atoms with Gasteiger partial charge in [-0.05, 0) is 36.1 Å². The molecule has 0 atom stereocenters. The fraction of sp³-hybridized carbons (Fsp3) is 0.393. The van der Waals surface area contributed by atoms with Gasteiger partial charge < -0.3 is 15.5 Å². The SMILES string of the molecule is Cc1cccc(-n2nc(C(C)(C)C)cc2NC(=O)CN(CC(C)C)C(=O)NCc2ccccc2)c1. The first-order chi connectivity index (χ1) is 16.5. The number of aryl methyl sites for hydroxylation is 1. The summed E-state index contributed by atoms with van der Waals surface area (Å²) in [7, 11) is 0. The lowest BCUT2D eigenvalue weighted by Gasteiger charge is -2.24. The van der Waals surface area contributed by atoms with Gasteiger partial charge in [0, 0.05) is 24.6 Å². The lowest BCUT2D eigenvalue weighted by Crippen LogP contribution is -2.45.